The molecule has 0 saturated carbocycles. The van der Waals surface area contributed by atoms with Gasteiger partial charge in [-0.05, 0) is 76.1 Å². The highest BCUT2D eigenvalue weighted by Gasteiger charge is 2.51. The van der Waals surface area contributed by atoms with Crippen LogP contribution in [-0.4, -0.2) is 74.2 Å². The Labute approximate surface area is 220 Å². The Kier molecular flexibility index (Phi) is 7.88. The zero-order valence-corrected chi connectivity index (χ0v) is 23.0. The van der Waals surface area contributed by atoms with Gasteiger partial charge in [-0.2, -0.15) is 0 Å². The molecule has 0 unspecified atom stereocenters. The van der Waals surface area contributed by atoms with Crippen molar-refractivity contribution in [3.63, 3.8) is 0 Å². The number of methoxy groups -OCH3 is 2. The fourth-order valence-corrected chi connectivity index (χ4v) is 5.10. The highest BCUT2D eigenvalue weighted by Crippen LogP contribution is 2.38. The molecule has 0 radical (unpaired) electrons. The summed E-state index contributed by atoms with van der Waals surface area (Å²) < 4.78 is 22.5. The molecule has 2 amide bonds. The van der Waals surface area contributed by atoms with E-state index in [1.54, 1.807) is 6.92 Å². The second-order valence-electron chi connectivity index (χ2n) is 11.1. The van der Waals surface area contributed by atoms with Crippen LogP contribution in [0, 0.1) is 0 Å². The minimum Gasteiger partial charge on any atom is -0.453 e. The lowest BCUT2D eigenvalue weighted by molar-refractivity contribution is -0.136. The Balaban J connectivity index is 1.41. The number of nitrogens with zero attached hydrogens (tertiary/aromatic N) is 1. The summed E-state index contributed by atoms with van der Waals surface area (Å²) in [6, 6.07) is 7.54. The fourth-order valence-electron chi connectivity index (χ4n) is 5.10. The lowest BCUT2D eigenvalue weighted by Crippen LogP contribution is -2.55. The molecule has 1 aromatic carbocycles. The largest absolute Gasteiger partial charge is 0.494 e. The smallest absolute Gasteiger partial charge is 0.453 e. The van der Waals surface area contributed by atoms with Gasteiger partial charge in [0.05, 0.1) is 30.5 Å². The van der Waals surface area contributed by atoms with Crippen LogP contribution in [0.4, 0.5) is 4.79 Å². The molecule has 0 spiro atoms. The number of hydrogen-bond donors (Lipinski definition) is 1. The maximum Gasteiger partial charge on any atom is 0.494 e. The van der Waals surface area contributed by atoms with E-state index in [1.165, 1.54) is 25.4 Å². The number of carbonyl (C=O) groups excluding carboxylic acids is 2. The van der Waals surface area contributed by atoms with Crippen molar-refractivity contribution in [1.29, 1.82) is 0 Å². The van der Waals surface area contributed by atoms with Crippen LogP contribution < -0.4 is 10.8 Å². The lowest BCUT2D eigenvalue weighted by atomic mass is 9.78. The van der Waals surface area contributed by atoms with Crippen molar-refractivity contribution in [1.82, 2.24) is 10.2 Å². The van der Waals surface area contributed by atoms with Crippen LogP contribution in [0.25, 0.3) is 5.57 Å². The Bertz CT molecular complexity index is 1060. The van der Waals surface area contributed by atoms with Gasteiger partial charge in [-0.3, -0.25) is 4.79 Å². The van der Waals surface area contributed by atoms with Crippen molar-refractivity contribution in [3.05, 3.63) is 47.6 Å². The molecule has 1 N–H and O–H groups in total. The molecular formula is C28H39BN2O6. The summed E-state index contributed by atoms with van der Waals surface area (Å²) in [4.78, 5) is 27.2. The molecule has 8 nitrogen and oxygen atoms in total. The Morgan fingerprint density at radius 3 is 2.32 bits per heavy atom. The minimum atomic E-state index is -0.810. The van der Waals surface area contributed by atoms with Crippen LogP contribution in [0.2, 0.25) is 0 Å². The van der Waals surface area contributed by atoms with E-state index in [0.717, 1.165) is 30.3 Å². The van der Waals surface area contributed by atoms with Gasteiger partial charge in [0.15, 0.2) is 0 Å². The van der Waals surface area contributed by atoms with Gasteiger partial charge in [0.25, 0.3) is 0 Å². The van der Waals surface area contributed by atoms with Gasteiger partial charge >= 0.3 is 13.2 Å². The molecular weight excluding hydrogens is 471 g/mol. The van der Waals surface area contributed by atoms with E-state index in [-0.39, 0.29) is 30.3 Å². The molecule has 1 aliphatic carbocycles. The third kappa shape index (κ3) is 5.49. The van der Waals surface area contributed by atoms with Crippen LogP contribution in [0.5, 0.6) is 0 Å². The molecule has 3 aliphatic rings. The van der Waals surface area contributed by atoms with Crippen molar-refractivity contribution in [3.8, 4) is 0 Å². The minimum absolute atomic E-state index is 0.00345. The van der Waals surface area contributed by atoms with Crippen molar-refractivity contribution in [2.24, 2.45) is 0 Å². The van der Waals surface area contributed by atoms with Gasteiger partial charge in [0, 0.05) is 13.7 Å². The van der Waals surface area contributed by atoms with E-state index in [4.69, 9.17) is 18.8 Å². The predicted molar refractivity (Wildman–Crippen MR) is 143 cm³/mol. The van der Waals surface area contributed by atoms with Crippen LogP contribution in [0.3, 0.4) is 0 Å². The first-order valence-electron chi connectivity index (χ1n) is 13.0. The lowest BCUT2D eigenvalue weighted by Gasteiger charge is -2.32. The molecule has 37 heavy (non-hydrogen) atoms. The van der Waals surface area contributed by atoms with Crippen molar-refractivity contribution in [2.45, 2.75) is 83.3 Å². The number of rotatable bonds is 7. The number of amides is 2. The quantitative estimate of drug-likeness (QED) is 0.566. The monoisotopic (exact) mass is 510 g/mol. The zero-order chi connectivity index (χ0) is 27.0. The zero-order valence-electron chi connectivity index (χ0n) is 23.0. The summed E-state index contributed by atoms with van der Waals surface area (Å²) in [6.07, 6.45) is 5.73. The Morgan fingerprint density at radius 1 is 1.08 bits per heavy atom. The average Bonchev–Trinajstić information content (AvgIpc) is 3.59. The maximum absolute atomic E-state index is 13.5. The van der Waals surface area contributed by atoms with E-state index in [2.05, 4.69) is 69.4 Å². The van der Waals surface area contributed by atoms with Crippen LogP contribution in [0.1, 0.15) is 59.4 Å². The summed E-state index contributed by atoms with van der Waals surface area (Å²) in [5, 5.41) is 2.65. The van der Waals surface area contributed by atoms with Gasteiger partial charge in [0.1, 0.15) is 6.04 Å². The predicted octanol–water partition coefficient (Wildman–Crippen LogP) is 3.45. The third-order valence-electron chi connectivity index (χ3n) is 8.23. The third-order valence-corrected chi connectivity index (χ3v) is 8.23. The second-order valence-corrected chi connectivity index (χ2v) is 11.1. The summed E-state index contributed by atoms with van der Waals surface area (Å²) in [7, 11) is 2.43. The van der Waals surface area contributed by atoms with Gasteiger partial charge in [-0.25, -0.2) is 4.79 Å². The summed E-state index contributed by atoms with van der Waals surface area (Å²) in [5.74, 6) is -0.150. The Hall–Kier alpha value is -2.62. The van der Waals surface area contributed by atoms with E-state index in [0.29, 0.717) is 6.54 Å². The number of alkyl carbamates (subject to hydrolysis) is 1. The average molecular weight is 510 g/mol. The topological polar surface area (TPSA) is 86.3 Å². The van der Waals surface area contributed by atoms with Crippen LogP contribution in [-0.2, 0) is 23.6 Å². The van der Waals surface area contributed by atoms with E-state index in [9.17, 15) is 9.59 Å². The first kappa shape index (κ1) is 27.4. The van der Waals surface area contributed by atoms with Crippen molar-refractivity contribution >= 4 is 30.2 Å². The van der Waals surface area contributed by atoms with Gasteiger partial charge in [0.2, 0.25) is 5.91 Å². The second kappa shape index (κ2) is 10.6. The van der Waals surface area contributed by atoms with Crippen molar-refractivity contribution < 1.29 is 28.4 Å². The number of ether oxygens (including phenoxy) is 2. The molecule has 2 fully saturated rings. The molecule has 2 saturated heterocycles. The number of hydrogen-bond acceptors (Lipinski definition) is 6. The van der Waals surface area contributed by atoms with Crippen LogP contribution in [0.15, 0.2) is 42.0 Å². The highest BCUT2D eigenvalue weighted by molar-refractivity contribution is 6.62. The maximum atomic E-state index is 13.5. The number of nitrogens with one attached hydrogen (secondary N) is 1. The molecule has 0 bridgehead atoms. The highest BCUT2D eigenvalue weighted by atomic mass is 16.7. The fraction of sp³-hybridized carbons (Fsp3) is 0.571. The first-order valence-corrected chi connectivity index (χ1v) is 13.0. The summed E-state index contributed by atoms with van der Waals surface area (Å²) in [5.41, 5.74) is 3.81. The molecule has 200 valence electrons. The Morgan fingerprint density at radius 2 is 1.73 bits per heavy atom. The van der Waals surface area contributed by atoms with Gasteiger partial charge < -0.3 is 29.0 Å². The van der Waals surface area contributed by atoms with Gasteiger partial charge in [-0.1, -0.05) is 36.4 Å². The summed E-state index contributed by atoms with van der Waals surface area (Å²) in [6.45, 7) is 10.6. The normalized spacial score (nSPS) is 23.9. The van der Waals surface area contributed by atoms with E-state index in [1.807, 2.05) is 4.90 Å². The molecule has 4 rings (SSSR count). The number of likely N-dealkylation sites (tertiary alicyclic amines) is 1. The standard InChI is InChI=1S/C28H39BN2O6/c1-18(34-6)24(30-26(33)35-7)25(32)31-16-8-9-23(31)21-11-10-20(17-21)19-12-14-22(15-13-19)29-36-27(2,3)28(4,5)37-29/h10-15,18,23-24H,8-9,16-17H2,1-7H3,(H,30,33)/t18-,23+,24+/m1/s1. The van der Waals surface area contributed by atoms with E-state index < -0.39 is 18.2 Å². The SMILES string of the molecule is COC(=O)N[C@H](C(=O)N1CCC[C@H]1C1=CC=C(c2ccc(B3OC(C)(C)C(C)(C)O3)cc2)C1)[C@@H](C)OC. The van der Waals surface area contributed by atoms with Crippen LogP contribution >= 0.6 is 0 Å². The van der Waals surface area contributed by atoms with Crippen molar-refractivity contribution in [2.75, 3.05) is 20.8 Å². The number of benzene rings is 1. The molecule has 9 heteroatoms. The van der Waals surface area contributed by atoms with Gasteiger partial charge in [-0.15, -0.1) is 0 Å². The first-order chi connectivity index (χ1) is 17.5. The number of allylic oxidation sites excluding steroid dienone is 3. The van der Waals surface area contributed by atoms with E-state index >= 15 is 0 Å². The molecule has 1 aromatic rings. The molecule has 2 heterocycles. The summed E-state index contributed by atoms with van der Waals surface area (Å²) >= 11 is 0. The number of carbonyl (C=O) groups is 2. The molecule has 3 atom stereocenters. The molecule has 2 aliphatic heterocycles. The molecule has 0 aromatic heterocycles.